The molecule has 9 heteroatoms. The second kappa shape index (κ2) is 9.18. The zero-order valence-corrected chi connectivity index (χ0v) is 15.7. The number of nitrogens with zero attached hydrogens (tertiary/aromatic N) is 2. The SMILES string of the molecule is CCCCC(Nc1cnn(-c2ccccc2C(=O)OC)c(=O)c1Cl)C(=O)O. The molecule has 0 aliphatic heterocycles. The fourth-order valence-corrected chi connectivity index (χ4v) is 2.68. The Morgan fingerprint density at radius 3 is 2.70 bits per heavy atom. The van der Waals surface area contributed by atoms with Crippen LogP contribution in [0.2, 0.25) is 5.02 Å². The molecule has 2 N–H and O–H groups in total. The Bertz CT molecular complexity index is 897. The molecule has 1 heterocycles. The summed E-state index contributed by atoms with van der Waals surface area (Å²) in [6.45, 7) is 1.95. The maximum atomic E-state index is 12.6. The molecular weight excluding hydrogens is 374 g/mol. The van der Waals surface area contributed by atoms with Crippen molar-refractivity contribution in [2.45, 2.75) is 32.2 Å². The molecule has 0 amide bonds. The van der Waals surface area contributed by atoms with E-state index in [4.69, 9.17) is 16.3 Å². The van der Waals surface area contributed by atoms with E-state index in [2.05, 4.69) is 10.4 Å². The minimum Gasteiger partial charge on any atom is -0.480 e. The van der Waals surface area contributed by atoms with Crippen LogP contribution in [-0.4, -0.2) is 40.0 Å². The van der Waals surface area contributed by atoms with E-state index in [9.17, 15) is 19.5 Å². The number of para-hydroxylation sites is 1. The maximum absolute atomic E-state index is 12.6. The molecule has 144 valence electrons. The maximum Gasteiger partial charge on any atom is 0.340 e. The Kier molecular flexibility index (Phi) is 6.95. The number of methoxy groups -OCH3 is 1. The first kappa shape index (κ1) is 20.4. The van der Waals surface area contributed by atoms with Gasteiger partial charge in [0, 0.05) is 0 Å². The molecule has 0 fully saturated rings. The van der Waals surface area contributed by atoms with Crippen LogP contribution in [-0.2, 0) is 9.53 Å². The van der Waals surface area contributed by atoms with Gasteiger partial charge in [-0.1, -0.05) is 43.5 Å². The highest BCUT2D eigenvalue weighted by molar-refractivity contribution is 6.33. The molecule has 1 unspecified atom stereocenters. The quantitative estimate of drug-likeness (QED) is 0.663. The summed E-state index contributed by atoms with van der Waals surface area (Å²) in [7, 11) is 1.23. The van der Waals surface area contributed by atoms with Crippen LogP contribution in [0.4, 0.5) is 5.69 Å². The standard InChI is InChI=1S/C18H20ClN3O5/c1-3-4-8-12(17(24)25)21-13-10-20-22(16(23)15(13)19)14-9-6-5-7-11(14)18(26)27-2/h5-7,9-10,12,21H,3-4,8H2,1-2H3,(H,24,25). The molecular formula is C18H20ClN3O5. The predicted octanol–water partition coefficient (Wildman–Crippen LogP) is 2.73. The first-order valence-corrected chi connectivity index (χ1v) is 8.73. The summed E-state index contributed by atoms with van der Waals surface area (Å²) in [5, 5.41) is 15.9. The van der Waals surface area contributed by atoms with Gasteiger partial charge in [0.05, 0.1) is 30.2 Å². The fourth-order valence-electron chi connectivity index (χ4n) is 2.50. The number of rotatable bonds is 8. The summed E-state index contributed by atoms with van der Waals surface area (Å²) < 4.78 is 5.69. The molecule has 0 aliphatic rings. The van der Waals surface area contributed by atoms with Crippen molar-refractivity contribution in [1.29, 1.82) is 0 Å². The van der Waals surface area contributed by atoms with E-state index in [1.54, 1.807) is 12.1 Å². The molecule has 0 aliphatic carbocycles. The van der Waals surface area contributed by atoms with Crippen LogP contribution in [0.3, 0.4) is 0 Å². The number of aliphatic carboxylic acids is 1. The van der Waals surface area contributed by atoms with Gasteiger partial charge in [-0.15, -0.1) is 0 Å². The number of hydrogen-bond acceptors (Lipinski definition) is 6. The summed E-state index contributed by atoms with van der Waals surface area (Å²) >= 11 is 6.15. The number of carboxylic acid groups (broad SMARTS) is 1. The number of hydrogen-bond donors (Lipinski definition) is 2. The third-order valence-corrected chi connectivity index (χ3v) is 4.30. The van der Waals surface area contributed by atoms with Crippen LogP contribution in [0.15, 0.2) is 35.3 Å². The molecule has 8 nitrogen and oxygen atoms in total. The van der Waals surface area contributed by atoms with E-state index < -0.39 is 23.5 Å². The van der Waals surface area contributed by atoms with Crippen molar-refractivity contribution < 1.29 is 19.4 Å². The second-order valence-electron chi connectivity index (χ2n) is 5.78. The van der Waals surface area contributed by atoms with Crippen LogP contribution in [0, 0.1) is 0 Å². The van der Waals surface area contributed by atoms with Gasteiger partial charge < -0.3 is 15.2 Å². The molecule has 2 aromatic rings. The summed E-state index contributed by atoms with van der Waals surface area (Å²) in [5.74, 6) is -1.66. The number of halogens is 1. The number of carbonyl (C=O) groups excluding carboxylic acids is 1. The van der Waals surface area contributed by atoms with Crippen LogP contribution >= 0.6 is 11.6 Å². The number of aromatic nitrogens is 2. The summed E-state index contributed by atoms with van der Waals surface area (Å²) in [5.41, 5.74) is -0.198. The number of benzene rings is 1. The van der Waals surface area contributed by atoms with Crippen LogP contribution in [0.25, 0.3) is 5.69 Å². The molecule has 0 bridgehead atoms. The van der Waals surface area contributed by atoms with Crippen molar-refractivity contribution in [2.75, 3.05) is 12.4 Å². The van der Waals surface area contributed by atoms with E-state index >= 15 is 0 Å². The Balaban J connectivity index is 2.43. The Labute approximate surface area is 160 Å². The highest BCUT2D eigenvalue weighted by atomic mass is 35.5. The highest BCUT2D eigenvalue weighted by Crippen LogP contribution is 2.20. The number of ether oxygens (including phenoxy) is 1. The van der Waals surface area contributed by atoms with E-state index in [0.29, 0.717) is 12.8 Å². The number of esters is 1. The molecule has 1 aromatic carbocycles. The fraction of sp³-hybridized carbons (Fsp3) is 0.333. The van der Waals surface area contributed by atoms with Crippen molar-refractivity contribution in [1.82, 2.24) is 9.78 Å². The highest BCUT2D eigenvalue weighted by Gasteiger charge is 2.21. The van der Waals surface area contributed by atoms with E-state index in [0.717, 1.165) is 11.1 Å². The average molecular weight is 394 g/mol. The minimum absolute atomic E-state index is 0.122. The van der Waals surface area contributed by atoms with E-state index in [1.807, 2.05) is 6.92 Å². The molecule has 0 spiro atoms. The molecule has 0 saturated carbocycles. The number of nitrogens with one attached hydrogen (secondary N) is 1. The van der Waals surface area contributed by atoms with Crippen LogP contribution in [0.1, 0.15) is 36.5 Å². The number of unbranched alkanes of at least 4 members (excludes halogenated alkanes) is 1. The molecule has 1 atom stereocenters. The topological polar surface area (TPSA) is 111 Å². The first-order chi connectivity index (χ1) is 12.9. The van der Waals surface area contributed by atoms with Gasteiger partial charge in [0.15, 0.2) is 0 Å². The lowest BCUT2D eigenvalue weighted by atomic mass is 10.1. The first-order valence-electron chi connectivity index (χ1n) is 8.35. The number of anilines is 1. The normalized spacial score (nSPS) is 11.7. The summed E-state index contributed by atoms with van der Waals surface area (Å²) in [4.78, 5) is 35.9. The van der Waals surface area contributed by atoms with Crippen molar-refractivity contribution in [3.8, 4) is 5.69 Å². The van der Waals surface area contributed by atoms with Crippen LogP contribution < -0.4 is 10.9 Å². The van der Waals surface area contributed by atoms with E-state index in [1.165, 1.54) is 25.4 Å². The molecule has 1 aromatic heterocycles. The second-order valence-corrected chi connectivity index (χ2v) is 6.15. The molecule has 27 heavy (non-hydrogen) atoms. The number of carboxylic acids is 1. The minimum atomic E-state index is -1.04. The lowest BCUT2D eigenvalue weighted by molar-refractivity contribution is -0.138. The van der Waals surface area contributed by atoms with Gasteiger partial charge >= 0.3 is 11.9 Å². The van der Waals surface area contributed by atoms with Gasteiger partial charge in [-0.3, -0.25) is 4.79 Å². The third-order valence-electron chi connectivity index (χ3n) is 3.93. The van der Waals surface area contributed by atoms with Gasteiger partial charge in [0.2, 0.25) is 0 Å². The van der Waals surface area contributed by atoms with Gasteiger partial charge in [0.25, 0.3) is 5.56 Å². The zero-order valence-electron chi connectivity index (χ0n) is 14.9. The lowest BCUT2D eigenvalue weighted by Gasteiger charge is -2.17. The third kappa shape index (κ3) is 4.65. The van der Waals surface area contributed by atoms with Gasteiger partial charge in [-0.25, -0.2) is 9.59 Å². The molecule has 2 rings (SSSR count). The summed E-state index contributed by atoms with van der Waals surface area (Å²) in [6.07, 6.45) is 3.19. The number of carbonyl (C=O) groups is 2. The van der Waals surface area contributed by atoms with Crippen molar-refractivity contribution in [2.24, 2.45) is 0 Å². The smallest absolute Gasteiger partial charge is 0.340 e. The Morgan fingerprint density at radius 1 is 1.37 bits per heavy atom. The van der Waals surface area contributed by atoms with Gasteiger partial charge in [0.1, 0.15) is 11.1 Å². The van der Waals surface area contributed by atoms with Crippen molar-refractivity contribution in [3.63, 3.8) is 0 Å². The van der Waals surface area contributed by atoms with E-state index in [-0.39, 0.29) is 22.0 Å². The van der Waals surface area contributed by atoms with Crippen molar-refractivity contribution >= 4 is 29.2 Å². The molecule has 0 saturated heterocycles. The zero-order chi connectivity index (χ0) is 20.0. The largest absolute Gasteiger partial charge is 0.480 e. The van der Waals surface area contributed by atoms with Crippen molar-refractivity contribution in [3.05, 3.63) is 51.4 Å². The lowest BCUT2D eigenvalue weighted by Crippen LogP contribution is -2.31. The monoisotopic (exact) mass is 393 g/mol. The van der Waals surface area contributed by atoms with Crippen LogP contribution in [0.5, 0.6) is 0 Å². The Morgan fingerprint density at radius 2 is 2.07 bits per heavy atom. The summed E-state index contributed by atoms with van der Waals surface area (Å²) in [6, 6.07) is 5.42. The molecule has 0 radical (unpaired) electrons. The van der Waals surface area contributed by atoms with Gasteiger partial charge in [-0.05, 0) is 18.6 Å². The average Bonchev–Trinajstić information content (AvgIpc) is 2.67. The Hall–Kier alpha value is -2.87. The predicted molar refractivity (Wildman–Crippen MR) is 101 cm³/mol. The van der Waals surface area contributed by atoms with Gasteiger partial charge in [-0.2, -0.15) is 9.78 Å².